The van der Waals surface area contributed by atoms with E-state index in [0.717, 1.165) is 16.9 Å². The Labute approximate surface area is 141 Å². The van der Waals surface area contributed by atoms with Crippen molar-refractivity contribution in [2.45, 2.75) is 19.8 Å². The van der Waals surface area contributed by atoms with Gasteiger partial charge in [-0.2, -0.15) is 0 Å². The zero-order valence-corrected chi connectivity index (χ0v) is 13.6. The van der Waals surface area contributed by atoms with Crippen molar-refractivity contribution in [3.8, 4) is 0 Å². The van der Waals surface area contributed by atoms with Crippen LogP contribution in [0.5, 0.6) is 0 Å². The highest BCUT2D eigenvalue weighted by atomic mass is 16.4. The van der Waals surface area contributed by atoms with Gasteiger partial charge >= 0.3 is 12.0 Å². The summed E-state index contributed by atoms with van der Waals surface area (Å²) >= 11 is 0. The number of rotatable bonds is 5. The monoisotopic (exact) mass is 324 g/mol. The van der Waals surface area contributed by atoms with Crippen LogP contribution in [0.25, 0.3) is 0 Å². The number of carboxylic acids is 1. The van der Waals surface area contributed by atoms with Crippen molar-refractivity contribution >= 4 is 23.4 Å². The van der Waals surface area contributed by atoms with E-state index in [0.29, 0.717) is 19.5 Å². The fraction of sp³-hybridized carbons (Fsp3) is 0.263. The largest absolute Gasteiger partial charge is 0.481 e. The van der Waals surface area contributed by atoms with Gasteiger partial charge in [0, 0.05) is 30.9 Å². The average Bonchev–Trinajstić information content (AvgIpc) is 2.96. The summed E-state index contributed by atoms with van der Waals surface area (Å²) < 4.78 is 0. The zero-order chi connectivity index (χ0) is 17.1. The summed E-state index contributed by atoms with van der Waals surface area (Å²) in [6.45, 7) is 3.32. The zero-order valence-electron chi connectivity index (χ0n) is 13.6. The van der Waals surface area contributed by atoms with Gasteiger partial charge in [0.05, 0.1) is 0 Å². The number of amides is 2. The molecule has 1 heterocycles. The van der Waals surface area contributed by atoms with Crippen LogP contribution in [-0.4, -0.2) is 30.2 Å². The molecular formula is C19H20N2O3. The highest BCUT2D eigenvalue weighted by Crippen LogP contribution is 2.25. The lowest BCUT2D eigenvalue weighted by Gasteiger charge is -2.19. The van der Waals surface area contributed by atoms with Gasteiger partial charge in [0.15, 0.2) is 0 Å². The van der Waals surface area contributed by atoms with Crippen LogP contribution in [0.3, 0.4) is 0 Å². The number of anilines is 2. The SMILES string of the molecule is Cc1ccc(N2CCN(c3ccc(CCC(=O)O)cc3)C2=O)cc1. The summed E-state index contributed by atoms with van der Waals surface area (Å²) in [5.41, 5.74) is 3.88. The van der Waals surface area contributed by atoms with E-state index >= 15 is 0 Å². The summed E-state index contributed by atoms with van der Waals surface area (Å²) in [5, 5.41) is 8.73. The Hall–Kier alpha value is -2.82. The Morgan fingerprint density at radius 3 is 1.96 bits per heavy atom. The second-order valence-corrected chi connectivity index (χ2v) is 5.98. The molecule has 0 atom stereocenters. The van der Waals surface area contributed by atoms with E-state index in [1.165, 1.54) is 5.56 Å². The lowest BCUT2D eigenvalue weighted by molar-refractivity contribution is -0.136. The van der Waals surface area contributed by atoms with E-state index < -0.39 is 5.97 Å². The molecule has 24 heavy (non-hydrogen) atoms. The van der Waals surface area contributed by atoms with E-state index in [1.807, 2.05) is 55.5 Å². The smallest absolute Gasteiger partial charge is 0.329 e. The number of carbonyl (C=O) groups is 2. The molecule has 1 fully saturated rings. The molecule has 0 unspecified atom stereocenters. The molecule has 2 aromatic rings. The third-order valence-corrected chi connectivity index (χ3v) is 4.23. The first-order valence-corrected chi connectivity index (χ1v) is 8.01. The van der Waals surface area contributed by atoms with Gasteiger partial charge < -0.3 is 5.11 Å². The van der Waals surface area contributed by atoms with Crippen LogP contribution >= 0.6 is 0 Å². The molecule has 0 aromatic heterocycles. The number of hydrogen-bond acceptors (Lipinski definition) is 2. The molecule has 0 aliphatic carbocycles. The van der Waals surface area contributed by atoms with Gasteiger partial charge in [-0.1, -0.05) is 29.8 Å². The Morgan fingerprint density at radius 2 is 1.46 bits per heavy atom. The first-order valence-electron chi connectivity index (χ1n) is 8.01. The topological polar surface area (TPSA) is 60.9 Å². The van der Waals surface area contributed by atoms with Gasteiger partial charge in [-0.15, -0.1) is 0 Å². The fourth-order valence-corrected chi connectivity index (χ4v) is 2.83. The number of carboxylic acid groups (broad SMARTS) is 1. The van der Waals surface area contributed by atoms with Crippen LogP contribution in [0.4, 0.5) is 16.2 Å². The maximum Gasteiger partial charge on any atom is 0.329 e. The van der Waals surface area contributed by atoms with Gasteiger partial charge in [-0.05, 0) is 43.2 Å². The van der Waals surface area contributed by atoms with Crippen LogP contribution < -0.4 is 9.80 Å². The minimum absolute atomic E-state index is 0.0304. The number of aliphatic carboxylic acids is 1. The van der Waals surface area contributed by atoms with Crippen molar-refractivity contribution in [3.05, 3.63) is 59.7 Å². The molecule has 0 saturated carbocycles. The molecule has 1 N–H and O–H groups in total. The maximum atomic E-state index is 12.7. The van der Waals surface area contributed by atoms with E-state index in [1.54, 1.807) is 9.80 Å². The number of benzene rings is 2. The third-order valence-electron chi connectivity index (χ3n) is 4.23. The predicted molar refractivity (Wildman–Crippen MR) is 93.7 cm³/mol. The Morgan fingerprint density at radius 1 is 0.958 bits per heavy atom. The predicted octanol–water partition coefficient (Wildman–Crippen LogP) is 3.46. The van der Waals surface area contributed by atoms with Crippen LogP contribution in [-0.2, 0) is 11.2 Å². The molecule has 3 rings (SSSR count). The second kappa shape index (κ2) is 6.74. The van der Waals surface area contributed by atoms with Crippen molar-refractivity contribution in [1.82, 2.24) is 0 Å². The number of nitrogens with zero attached hydrogens (tertiary/aromatic N) is 2. The van der Waals surface area contributed by atoms with Crippen LogP contribution in [0.2, 0.25) is 0 Å². The van der Waals surface area contributed by atoms with Crippen molar-refractivity contribution in [2.75, 3.05) is 22.9 Å². The summed E-state index contributed by atoms with van der Waals surface area (Å²) in [5.74, 6) is -0.803. The average molecular weight is 324 g/mol. The quantitative estimate of drug-likeness (QED) is 0.916. The van der Waals surface area contributed by atoms with Gasteiger partial charge in [-0.3, -0.25) is 14.6 Å². The van der Waals surface area contributed by atoms with Crippen molar-refractivity contribution < 1.29 is 14.7 Å². The van der Waals surface area contributed by atoms with E-state index in [-0.39, 0.29) is 12.5 Å². The molecule has 124 valence electrons. The first kappa shape index (κ1) is 16.1. The Bertz CT molecular complexity index is 738. The highest BCUT2D eigenvalue weighted by Gasteiger charge is 2.30. The summed E-state index contributed by atoms with van der Waals surface area (Å²) in [6, 6.07) is 15.4. The molecule has 1 aliphatic heterocycles. The molecule has 1 aliphatic rings. The third kappa shape index (κ3) is 3.40. The molecule has 1 saturated heterocycles. The molecule has 0 spiro atoms. The standard InChI is InChI=1S/C19H20N2O3/c1-14-2-7-16(8-3-14)20-12-13-21(19(20)24)17-9-4-15(5-10-17)6-11-18(22)23/h2-5,7-10H,6,11-13H2,1H3,(H,22,23). The van der Waals surface area contributed by atoms with Gasteiger partial charge in [-0.25, -0.2) is 4.79 Å². The van der Waals surface area contributed by atoms with Gasteiger partial charge in [0.25, 0.3) is 0 Å². The summed E-state index contributed by atoms with van der Waals surface area (Å²) in [6.07, 6.45) is 0.613. The number of hydrogen-bond donors (Lipinski definition) is 1. The van der Waals surface area contributed by atoms with Crippen molar-refractivity contribution in [3.63, 3.8) is 0 Å². The lowest BCUT2D eigenvalue weighted by atomic mass is 10.1. The normalized spacial score (nSPS) is 14.3. The van der Waals surface area contributed by atoms with E-state index in [4.69, 9.17) is 5.11 Å². The Kier molecular flexibility index (Phi) is 4.51. The highest BCUT2D eigenvalue weighted by molar-refractivity contribution is 6.06. The van der Waals surface area contributed by atoms with Crippen LogP contribution in [0, 0.1) is 6.92 Å². The molecule has 0 radical (unpaired) electrons. The maximum absolute atomic E-state index is 12.7. The molecule has 2 amide bonds. The van der Waals surface area contributed by atoms with E-state index in [9.17, 15) is 9.59 Å². The molecule has 2 aromatic carbocycles. The van der Waals surface area contributed by atoms with Gasteiger partial charge in [0.1, 0.15) is 0 Å². The lowest BCUT2D eigenvalue weighted by Crippen LogP contribution is -2.31. The summed E-state index contributed by atoms with van der Waals surface area (Å²) in [4.78, 5) is 26.8. The van der Waals surface area contributed by atoms with Crippen LogP contribution in [0.1, 0.15) is 17.5 Å². The number of aryl methyl sites for hydroxylation is 2. The number of urea groups is 1. The van der Waals surface area contributed by atoms with Gasteiger partial charge in [0.2, 0.25) is 0 Å². The van der Waals surface area contributed by atoms with Crippen molar-refractivity contribution in [1.29, 1.82) is 0 Å². The van der Waals surface area contributed by atoms with E-state index in [2.05, 4.69) is 0 Å². The molecule has 5 heteroatoms. The second-order valence-electron chi connectivity index (χ2n) is 5.98. The first-order chi connectivity index (χ1) is 11.5. The molecule has 0 bridgehead atoms. The minimum atomic E-state index is -0.803. The van der Waals surface area contributed by atoms with Crippen LogP contribution in [0.15, 0.2) is 48.5 Å². The summed E-state index contributed by atoms with van der Waals surface area (Å²) in [7, 11) is 0. The molecular weight excluding hydrogens is 304 g/mol. The molecule has 5 nitrogen and oxygen atoms in total. The fourth-order valence-electron chi connectivity index (χ4n) is 2.83. The number of carbonyl (C=O) groups excluding carboxylic acids is 1. The minimum Gasteiger partial charge on any atom is -0.481 e. The Balaban J connectivity index is 1.70. The van der Waals surface area contributed by atoms with Crippen molar-refractivity contribution in [2.24, 2.45) is 0 Å².